The van der Waals surface area contributed by atoms with Gasteiger partial charge in [-0.1, -0.05) is 24.3 Å². The van der Waals surface area contributed by atoms with E-state index in [1.54, 1.807) is 12.0 Å². The van der Waals surface area contributed by atoms with Gasteiger partial charge in [0.25, 0.3) is 0 Å². The average Bonchev–Trinajstić information content (AvgIpc) is 3.38. The van der Waals surface area contributed by atoms with Crippen molar-refractivity contribution < 1.29 is 14.3 Å². The molecule has 36 heavy (non-hydrogen) atoms. The molecule has 2 aromatic heterocycles. The Hall–Kier alpha value is -3.73. The second kappa shape index (κ2) is 10.9. The van der Waals surface area contributed by atoms with E-state index in [0.717, 1.165) is 35.5 Å². The van der Waals surface area contributed by atoms with Crippen LogP contribution in [0.5, 0.6) is 0 Å². The number of aromatic nitrogens is 5. The van der Waals surface area contributed by atoms with Gasteiger partial charge < -0.3 is 25.0 Å². The Balaban J connectivity index is 1.59. The fourth-order valence-electron chi connectivity index (χ4n) is 4.37. The molecule has 1 amide bonds. The summed E-state index contributed by atoms with van der Waals surface area (Å²) in [6.45, 7) is 8.05. The number of carbonyl (C=O) groups is 1. The van der Waals surface area contributed by atoms with Crippen LogP contribution < -0.4 is 10.6 Å². The van der Waals surface area contributed by atoms with Crippen LogP contribution in [0, 0.1) is 0 Å². The van der Waals surface area contributed by atoms with Crippen molar-refractivity contribution in [2.75, 3.05) is 44.0 Å². The second-order valence-corrected chi connectivity index (χ2v) is 9.82. The monoisotopic (exact) mass is 494 g/mol. The summed E-state index contributed by atoms with van der Waals surface area (Å²) < 4.78 is 11.0. The Morgan fingerprint density at radius 2 is 1.92 bits per heavy atom. The fraction of sp³-hybridized carbons (Fsp3) is 0.480. The Morgan fingerprint density at radius 3 is 2.56 bits per heavy atom. The first-order valence-corrected chi connectivity index (χ1v) is 12.1. The summed E-state index contributed by atoms with van der Waals surface area (Å²) in [7, 11) is 1.68. The van der Waals surface area contributed by atoms with Crippen molar-refractivity contribution in [3.05, 3.63) is 36.4 Å². The minimum atomic E-state index is -0.515. The molecule has 0 unspecified atom stereocenters. The highest BCUT2D eigenvalue weighted by Crippen LogP contribution is 2.32. The number of nitrogens with one attached hydrogen (secondary N) is 1. The summed E-state index contributed by atoms with van der Waals surface area (Å²) in [5.41, 5.74) is 8.89. The lowest BCUT2D eigenvalue weighted by atomic mass is 10.0. The maximum absolute atomic E-state index is 12.5. The van der Waals surface area contributed by atoms with Crippen LogP contribution >= 0.6 is 0 Å². The number of carbonyl (C=O) groups excluding carboxylic acids is 1. The van der Waals surface area contributed by atoms with E-state index in [4.69, 9.17) is 20.2 Å². The normalized spacial score (nSPS) is 14.6. The number of benzene rings is 1. The Morgan fingerprint density at radius 1 is 1.19 bits per heavy atom. The van der Waals surface area contributed by atoms with Crippen molar-refractivity contribution in [1.29, 1.82) is 0 Å². The van der Waals surface area contributed by atoms with Crippen molar-refractivity contribution in [3.8, 4) is 22.6 Å². The summed E-state index contributed by atoms with van der Waals surface area (Å²) in [5.74, 6) is 1.32. The molecule has 0 saturated carbocycles. The molecule has 192 valence electrons. The second-order valence-electron chi connectivity index (χ2n) is 9.82. The Kier molecular flexibility index (Phi) is 7.68. The summed E-state index contributed by atoms with van der Waals surface area (Å²) in [5, 5.41) is 14.3. The van der Waals surface area contributed by atoms with Crippen LogP contribution in [0.1, 0.15) is 33.6 Å². The molecule has 3 heterocycles. The molecule has 11 nitrogen and oxygen atoms in total. The number of H-pyrrole nitrogens is 1. The first-order chi connectivity index (χ1) is 17.2. The molecule has 0 atom stereocenters. The van der Waals surface area contributed by atoms with E-state index in [1.165, 1.54) is 0 Å². The van der Waals surface area contributed by atoms with Crippen molar-refractivity contribution in [1.82, 2.24) is 30.5 Å². The highest BCUT2D eigenvalue weighted by atomic mass is 16.6. The molecule has 3 N–H and O–H groups in total. The van der Waals surface area contributed by atoms with E-state index in [-0.39, 0.29) is 12.1 Å². The summed E-state index contributed by atoms with van der Waals surface area (Å²) in [6, 6.07) is 11.7. The number of likely N-dealkylation sites (tertiary alicyclic amines) is 1. The molecule has 1 aliphatic rings. The van der Waals surface area contributed by atoms with Gasteiger partial charge in [0.1, 0.15) is 11.4 Å². The molecule has 0 spiro atoms. The maximum atomic E-state index is 12.5. The van der Waals surface area contributed by atoms with Gasteiger partial charge in [0, 0.05) is 55.7 Å². The molecule has 1 saturated heterocycles. The van der Waals surface area contributed by atoms with E-state index in [0.29, 0.717) is 37.8 Å². The minimum Gasteiger partial charge on any atom is -0.444 e. The van der Waals surface area contributed by atoms with Gasteiger partial charge in [-0.2, -0.15) is 0 Å². The predicted octanol–water partition coefficient (Wildman–Crippen LogP) is 3.36. The first kappa shape index (κ1) is 25.4. The molecule has 4 rings (SSSR count). The van der Waals surface area contributed by atoms with Gasteiger partial charge in [-0.3, -0.25) is 0 Å². The number of nitrogens with zero attached hydrogens (tertiary/aromatic N) is 6. The number of piperidine rings is 1. The zero-order chi connectivity index (χ0) is 25.7. The number of hydrogen-bond acceptors (Lipinski definition) is 9. The molecular weight excluding hydrogens is 460 g/mol. The van der Waals surface area contributed by atoms with E-state index in [2.05, 4.69) is 25.5 Å². The highest BCUT2D eigenvalue weighted by Gasteiger charge is 2.30. The lowest BCUT2D eigenvalue weighted by Crippen LogP contribution is -2.49. The zero-order valence-electron chi connectivity index (χ0n) is 21.3. The molecule has 0 aliphatic carbocycles. The third-order valence-corrected chi connectivity index (χ3v) is 6.03. The quantitative estimate of drug-likeness (QED) is 0.507. The van der Waals surface area contributed by atoms with Gasteiger partial charge in [-0.25, -0.2) is 14.9 Å². The Labute approximate surface area is 211 Å². The predicted molar refractivity (Wildman–Crippen MR) is 137 cm³/mol. The summed E-state index contributed by atoms with van der Waals surface area (Å²) in [4.78, 5) is 21.5. The van der Waals surface area contributed by atoms with Gasteiger partial charge in [-0.15, -0.1) is 5.10 Å². The number of pyridine rings is 1. The van der Waals surface area contributed by atoms with E-state index >= 15 is 0 Å². The zero-order valence-corrected chi connectivity index (χ0v) is 21.3. The van der Waals surface area contributed by atoms with E-state index in [1.807, 2.05) is 57.2 Å². The number of nitrogen functional groups attached to an aromatic ring is 1. The van der Waals surface area contributed by atoms with Crippen LogP contribution in [0.2, 0.25) is 0 Å². The fourth-order valence-corrected chi connectivity index (χ4v) is 4.37. The van der Waals surface area contributed by atoms with Crippen molar-refractivity contribution in [3.63, 3.8) is 0 Å². The third kappa shape index (κ3) is 6.09. The van der Waals surface area contributed by atoms with Crippen LogP contribution in [-0.2, 0) is 9.47 Å². The standard InChI is InChI=1S/C25H34N8O3/c1-25(2,3)36-24(34)32-11-9-18(10-12-32)33(13-14-35-4)22-16-17(26)15-21(27-22)19-7-5-6-8-20(19)23-28-30-31-29-23/h5-8,15-16,18H,9-14H2,1-4H3,(H2,26,27)(H,28,29,30,31). The molecule has 11 heteroatoms. The molecule has 1 aliphatic heterocycles. The molecule has 0 bridgehead atoms. The van der Waals surface area contributed by atoms with Gasteiger partial charge in [0.2, 0.25) is 0 Å². The average molecular weight is 495 g/mol. The minimum absolute atomic E-state index is 0.176. The van der Waals surface area contributed by atoms with E-state index in [9.17, 15) is 4.79 Å². The van der Waals surface area contributed by atoms with Crippen LogP contribution in [0.25, 0.3) is 22.6 Å². The van der Waals surface area contributed by atoms with Crippen LogP contribution in [0.3, 0.4) is 0 Å². The summed E-state index contributed by atoms with van der Waals surface area (Å²) in [6.07, 6.45) is 1.30. The number of tetrazole rings is 1. The van der Waals surface area contributed by atoms with Crippen LogP contribution in [-0.4, -0.2) is 81.6 Å². The van der Waals surface area contributed by atoms with Crippen molar-refractivity contribution >= 4 is 17.6 Å². The number of ether oxygens (including phenoxy) is 2. The maximum Gasteiger partial charge on any atom is 0.410 e. The number of nitrogens with two attached hydrogens (primary N) is 1. The smallest absolute Gasteiger partial charge is 0.410 e. The molecule has 0 radical (unpaired) electrons. The first-order valence-electron chi connectivity index (χ1n) is 12.1. The third-order valence-electron chi connectivity index (χ3n) is 6.03. The SMILES string of the molecule is COCCN(c1cc(N)cc(-c2ccccc2-c2nnn[nH]2)n1)C1CCN(C(=O)OC(C)(C)C)CC1. The largest absolute Gasteiger partial charge is 0.444 e. The number of methoxy groups -OCH3 is 1. The van der Waals surface area contributed by atoms with E-state index < -0.39 is 5.60 Å². The molecule has 1 aromatic carbocycles. The van der Waals surface area contributed by atoms with Crippen molar-refractivity contribution in [2.45, 2.75) is 45.3 Å². The summed E-state index contributed by atoms with van der Waals surface area (Å²) >= 11 is 0. The van der Waals surface area contributed by atoms with Crippen LogP contribution in [0.15, 0.2) is 36.4 Å². The number of amides is 1. The number of anilines is 2. The Bertz CT molecular complexity index is 1150. The van der Waals surface area contributed by atoms with Gasteiger partial charge in [-0.05, 0) is 50.1 Å². The topological polar surface area (TPSA) is 135 Å². The molecule has 3 aromatic rings. The number of hydrogen-bond donors (Lipinski definition) is 2. The van der Waals surface area contributed by atoms with Gasteiger partial charge >= 0.3 is 6.09 Å². The van der Waals surface area contributed by atoms with Gasteiger partial charge in [0.05, 0.1) is 12.3 Å². The number of rotatable bonds is 7. The lowest BCUT2D eigenvalue weighted by Gasteiger charge is -2.39. The molecular formula is C25H34N8O3. The van der Waals surface area contributed by atoms with Gasteiger partial charge in [0.15, 0.2) is 5.82 Å². The van der Waals surface area contributed by atoms with Crippen LogP contribution in [0.4, 0.5) is 16.3 Å². The molecule has 1 fully saturated rings. The lowest BCUT2D eigenvalue weighted by molar-refractivity contribution is 0.0203. The van der Waals surface area contributed by atoms with Crippen molar-refractivity contribution in [2.24, 2.45) is 0 Å². The number of aromatic amines is 1. The highest BCUT2D eigenvalue weighted by molar-refractivity contribution is 5.80.